The molecule has 1 saturated heterocycles. The van der Waals surface area contributed by atoms with Gasteiger partial charge >= 0.3 is 0 Å². The SMILES string of the molecule is Cc1cccc(C(=O)N2CCC(O)CC2)c1N. The van der Waals surface area contributed by atoms with Gasteiger partial charge in [-0.15, -0.1) is 0 Å². The van der Waals surface area contributed by atoms with Crippen LogP contribution in [0.2, 0.25) is 0 Å². The number of rotatable bonds is 1. The van der Waals surface area contributed by atoms with Crippen molar-refractivity contribution in [3.63, 3.8) is 0 Å². The number of likely N-dealkylation sites (tertiary alicyclic amines) is 1. The molecule has 0 bridgehead atoms. The minimum absolute atomic E-state index is 0.0295. The average Bonchev–Trinajstić information content (AvgIpc) is 2.33. The lowest BCUT2D eigenvalue weighted by Gasteiger charge is -2.30. The maximum Gasteiger partial charge on any atom is 0.255 e. The molecule has 1 aliphatic rings. The van der Waals surface area contributed by atoms with Crippen LogP contribution in [0.1, 0.15) is 28.8 Å². The number of amides is 1. The van der Waals surface area contributed by atoms with Crippen LogP contribution in [-0.4, -0.2) is 35.1 Å². The molecule has 4 heteroatoms. The minimum atomic E-state index is -0.270. The molecule has 1 amide bonds. The van der Waals surface area contributed by atoms with E-state index in [1.165, 1.54) is 0 Å². The Kier molecular flexibility index (Phi) is 3.33. The molecule has 0 spiro atoms. The van der Waals surface area contributed by atoms with Crippen molar-refractivity contribution in [1.29, 1.82) is 0 Å². The molecule has 0 radical (unpaired) electrons. The van der Waals surface area contributed by atoms with Crippen molar-refractivity contribution >= 4 is 11.6 Å². The number of anilines is 1. The maximum atomic E-state index is 12.2. The van der Waals surface area contributed by atoms with Crippen LogP contribution in [0.4, 0.5) is 5.69 Å². The summed E-state index contributed by atoms with van der Waals surface area (Å²) >= 11 is 0. The maximum absolute atomic E-state index is 12.2. The van der Waals surface area contributed by atoms with Crippen molar-refractivity contribution in [2.24, 2.45) is 0 Å². The topological polar surface area (TPSA) is 66.6 Å². The van der Waals surface area contributed by atoms with Gasteiger partial charge in [-0.25, -0.2) is 0 Å². The first-order chi connectivity index (χ1) is 8.09. The Hall–Kier alpha value is -1.55. The number of carbonyl (C=O) groups is 1. The van der Waals surface area contributed by atoms with Gasteiger partial charge in [-0.3, -0.25) is 4.79 Å². The van der Waals surface area contributed by atoms with Crippen LogP contribution in [0, 0.1) is 6.92 Å². The number of hydrogen-bond acceptors (Lipinski definition) is 3. The predicted molar refractivity (Wildman–Crippen MR) is 66.7 cm³/mol. The number of para-hydroxylation sites is 1. The summed E-state index contributed by atoms with van der Waals surface area (Å²) in [5.74, 6) is -0.0295. The molecule has 2 rings (SSSR count). The summed E-state index contributed by atoms with van der Waals surface area (Å²) in [5, 5.41) is 9.42. The van der Waals surface area contributed by atoms with E-state index >= 15 is 0 Å². The minimum Gasteiger partial charge on any atom is -0.398 e. The Morgan fingerprint density at radius 3 is 2.71 bits per heavy atom. The Bertz CT molecular complexity index is 423. The lowest BCUT2D eigenvalue weighted by Crippen LogP contribution is -2.40. The molecule has 17 heavy (non-hydrogen) atoms. The number of aryl methyl sites for hydroxylation is 1. The molecule has 92 valence electrons. The van der Waals surface area contributed by atoms with Crippen LogP contribution in [0.5, 0.6) is 0 Å². The fourth-order valence-corrected chi connectivity index (χ4v) is 2.11. The van der Waals surface area contributed by atoms with Crippen LogP contribution in [0.25, 0.3) is 0 Å². The van der Waals surface area contributed by atoms with Crippen LogP contribution < -0.4 is 5.73 Å². The van der Waals surface area contributed by atoms with Crippen molar-refractivity contribution < 1.29 is 9.90 Å². The number of carbonyl (C=O) groups excluding carboxylic acids is 1. The molecule has 0 aliphatic carbocycles. The van der Waals surface area contributed by atoms with Crippen LogP contribution >= 0.6 is 0 Å². The number of piperidine rings is 1. The summed E-state index contributed by atoms with van der Waals surface area (Å²) in [4.78, 5) is 14.0. The predicted octanol–water partition coefficient (Wildman–Crippen LogP) is 1.17. The fourth-order valence-electron chi connectivity index (χ4n) is 2.11. The van der Waals surface area contributed by atoms with Gasteiger partial charge in [0.1, 0.15) is 0 Å². The highest BCUT2D eigenvalue weighted by molar-refractivity contribution is 5.99. The van der Waals surface area contributed by atoms with Gasteiger partial charge in [-0.1, -0.05) is 12.1 Å². The number of hydrogen-bond donors (Lipinski definition) is 2. The first-order valence-electron chi connectivity index (χ1n) is 5.92. The molecule has 3 N–H and O–H groups in total. The Balaban J connectivity index is 2.17. The largest absolute Gasteiger partial charge is 0.398 e. The summed E-state index contributed by atoms with van der Waals surface area (Å²) in [7, 11) is 0. The Labute approximate surface area is 101 Å². The zero-order chi connectivity index (χ0) is 12.4. The van der Waals surface area contributed by atoms with Gasteiger partial charge in [0.25, 0.3) is 5.91 Å². The van der Waals surface area contributed by atoms with Crippen LogP contribution in [0.15, 0.2) is 18.2 Å². The van der Waals surface area contributed by atoms with E-state index in [0.717, 1.165) is 5.56 Å². The molecular weight excluding hydrogens is 216 g/mol. The third-order valence-corrected chi connectivity index (χ3v) is 3.31. The van der Waals surface area contributed by atoms with Gasteiger partial charge in [0.05, 0.1) is 11.7 Å². The van der Waals surface area contributed by atoms with Crippen molar-refractivity contribution in [3.05, 3.63) is 29.3 Å². The quantitative estimate of drug-likeness (QED) is 0.717. The third-order valence-electron chi connectivity index (χ3n) is 3.31. The van der Waals surface area contributed by atoms with E-state index in [-0.39, 0.29) is 12.0 Å². The van der Waals surface area contributed by atoms with E-state index in [1.54, 1.807) is 11.0 Å². The molecule has 1 aromatic rings. The summed E-state index contributed by atoms with van der Waals surface area (Å²) < 4.78 is 0. The second-order valence-corrected chi connectivity index (χ2v) is 4.56. The highest BCUT2D eigenvalue weighted by Gasteiger charge is 2.23. The van der Waals surface area contributed by atoms with Gasteiger partial charge in [-0.05, 0) is 31.4 Å². The summed E-state index contributed by atoms with van der Waals surface area (Å²) in [6.45, 7) is 3.10. The first kappa shape index (κ1) is 11.9. The van der Waals surface area contributed by atoms with Crippen molar-refractivity contribution in [2.75, 3.05) is 18.8 Å². The molecule has 1 heterocycles. The zero-order valence-electron chi connectivity index (χ0n) is 10.0. The lowest BCUT2D eigenvalue weighted by molar-refractivity contribution is 0.0547. The summed E-state index contributed by atoms with van der Waals surface area (Å²) in [6, 6.07) is 5.50. The van der Waals surface area contributed by atoms with E-state index in [0.29, 0.717) is 37.2 Å². The number of nitrogens with zero attached hydrogens (tertiary/aromatic N) is 1. The monoisotopic (exact) mass is 234 g/mol. The van der Waals surface area contributed by atoms with E-state index in [1.807, 2.05) is 19.1 Å². The normalized spacial score (nSPS) is 17.2. The Morgan fingerprint density at radius 1 is 1.41 bits per heavy atom. The molecule has 1 fully saturated rings. The smallest absolute Gasteiger partial charge is 0.255 e. The van der Waals surface area contributed by atoms with Crippen LogP contribution in [-0.2, 0) is 0 Å². The van der Waals surface area contributed by atoms with Crippen LogP contribution in [0.3, 0.4) is 0 Å². The van der Waals surface area contributed by atoms with Gasteiger partial charge in [0.15, 0.2) is 0 Å². The molecule has 0 unspecified atom stereocenters. The van der Waals surface area contributed by atoms with Crippen molar-refractivity contribution in [1.82, 2.24) is 4.90 Å². The van der Waals surface area contributed by atoms with Gasteiger partial charge in [0, 0.05) is 18.8 Å². The van der Waals surface area contributed by atoms with E-state index < -0.39 is 0 Å². The molecular formula is C13H18N2O2. The highest BCUT2D eigenvalue weighted by atomic mass is 16.3. The van der Waals surface area contributed by atoms with Crippen molar-refractivity contribution in [2.45, 2.75) is 25.9 Å². The van der Waals surface area contributed by atoms with E-state index in [9.17, 15) is 9.90 Å². The first-order valence-corrected chi connectivity index (χ1v) is 5.92. The number of aliphatic hydroxyl groups excluding tert-OH is 1. The standard InChI is InChI=1S/C13H18N2O2/c1-9-3-2-4-11(12(9)14)13(17)15-7-5-10(16)6-8-15/h2-4,10,16H,5-8,14H2,1H3. The second-order valence-electron chi connectivity index (χ2n) is 4.56. The second kappa shape index (κ2) is 4.75. The number of nitrogens with two attached hydrogens (primary N) is 1. The van der Waals surface area contributed by atoms with E-state index in [4.69, 9.17) is 5.73 Å². The molecule has 0 aromatic heterocycles. The average molecular weight is 234 g/mol. The molecule has 1 aliphatic heterocycles. The Morgan fingerprint density at radius 2 is 2.06 bits per heavy atom. The number of benzene rings is 1. The third kappa shape index (κ3) is 2.42. The number of nitrogen functional groups attached to an aromatic ring is 1. The zero-order valence-corrected chi connectivity index (χ0v) is 10.0. The lowest BCUT2D eigenvalue weighted by atomic mass is 10.0. The highest BCUT2D eigenvalue weighted by Crippen LogP contribution is 2.20. The molecule has 4 nitrogen and oxygen atoms in total. The van der Waals surface area contributed by atoms with Gasteiger partial charge < -0.3 is 15.7 Å². The number of aliphatic hydroxyl groups is 1. The molecule has 0 saturated carbocycles. The fraction of sp³-hybridized carbons (Fsp3) is 0.462. The van der Waals surface area contributed by atoms with E-state index in [2.05, 4.69) is 0 Å². The van der Waals surface area contributed by atoms with Gasteiger partial charge in [0.2, 0.25) is 0 Å². The summed E-state index contributed by atoms with van der Waals surface area (Å²) in [6.07, 6.45) is 1.03. The summed E-state index contributed by atoms with van der Waals surface area (Å²) in [5.41, 5.74) is 7.97. The molecule has 1 aromatic carbocycles. The van der Waals surface area contributed by atoms with Crippen molar-refractivity contribution in [3.8, 4) is 0 Å². The van der Waals surface area contributed by atoms with Gasteiger partial charge in [-0.2, -0.15) is 0 Å². The molecule has 0 atom stereocenters.